The Hall–Kier alpha value is -7.75. The van der Waals surface area contributed by atoms with Gasteiger partial charge in [0, 0.05) is 71.4 Å². The number of carbonyl (C=O) groups is 11. The predicted octanol–water partition coefficient (Wildman–Crippen LogP) is 0.656. The molecule has 0 bridgehead atoms. The molecule has 7 amide bonds. The molecule has 2 aromatic carbocycles. The number of aliphatic carboxylic acids is 5. The molecular weight excluding hydrogens is 1110 g/mol. The molecule has 0 aliphatic carbocycles. The SMILES string of the molecule is O=C(O)CC[C@H](NC(=O)N[C@@H](CCCCNC(=O)CCCCCCC(=O)N[C@@H](CCCCNC(=O)C(Cc1ccccc1)NC(=O)C(Cc1ccccc1)NC(=O)CN1CCCNCCN(CC(=O)O)CCCNCC1)C(=O)O)C(=O)O)C(=O)O. The zero-order valence-electron chi connectivity index (χ0n) is 48.5. The Kier molecular flexibility index (Phi) is 35.4. The van der Waals surface area contributed by atoms with E-state index in [0.717, 1.165) is 24.0 Å². The summed E-state index contributed by atoms with van der Waals surface area (Å²) in [6.45, 7) is 5.40. The molecule has 1 saturated heterocycles. The standard InChI is InChI=1S/C58H89N11O16/c70-48(61-29-13-11-22-44(56(81)82)66-58(85)67-45(57(83)84)25-26-51(73)74)23-9-1-2-10-24-49(71)63-43(55(79)80)21-12-14-30-62-53(77)46(37-41-17-5-3-6-18-41)65-54(78)47(38-42-19-7-4-8-20-42)64-50(72)39-68-33-15-27-60-32-36-69(40-52(75)76)34-16-28-59-31-35-68/h3-8,17-20,43-47,59-60H,1-2,9-16,21-40H2,(H,61,70)(H,62,77)(H,63,71)(H,64,72)(H,65,78)(H,73,74)(H,75,76)(H,79,80)(H,81,82)(H,83,84)(H2,66,67,85)/t43-,44-,45-,46?,47?/m0/s1. The summed E-state index contributed by atoms with van der Waals surface area (Å²) >= 11 is 0. The van der Waals surface area contributed by atoms with Gasteiger partial charge in [-0.15, -0.1) is 0 Å². The summed E-state index contributed by atoms with van der Waals surface area (Å²) in [5.74, 6) is -8.20. The van der Waals surface area contributed by atoms with Gasteiger partial charge < -0.3 is 73.4 Å². The molecule has 1 fully saturated rings. The van der Waals surface area contributed by atoms with Gasteiger partial charge in [0.2, 0.25) is 29.5 Å². The summed E-state index contributed by atoms with van der Waals surface area (Å²) in [4.78, 5) is 140. The van der Waals surface area contributed by atoms with Crippen molar-refractivity contribution in [2.75, 3.05) is 78.5 Å². The Bertz CT molecular complexity index is 2390. The van der Waals surface area contributed by atoms with Gasteiger partial charge in [0.05, 0.1) is 13.1 Å². The quantitative estimate of drug-likeness (QED) is 0.0411. The van der Waals surface area contributed by atoms with Crippen LogP contribution >= 0.6 is 0 Å². The lowest BCUT2D eigenvalue weighted by atomic mass is 10.0. The maximum Gasteiger partial charge on any atom is 0.326 e. The first-order valence-electron chi connectivity index (χ1n) is 29.4. The maximum atomic E-state index is 14.2. The highest BCUT2D eigenvalue weighted by Crippen LogP contribution is 2.11. The highest BCUT2D eigenvalue weighted by molar-refractivity contribution is 5.93. The Balaban J connectivity index is 1.42. The molecule has 2 aromatic rings. The Morgan fingerprint density at radius 1 is 0.412 bits per heavy atom. The minimum Gasteiger partial charge on any atom is -0.481 e. The van der Waals surface area contributed by atoms with Crippen molar-refractivity contribution in [1.29, 1.82) is 0 Å². The molecule has 0 spiro atoms. The maximum absolute atomic E-state index is 14.2. The van der Waals surface area contributed by atoms with Crippen molar-refractivity contribution in [2.45, 2.75) is 146 Å². The van der Waals surface area contributed by atoms with Crippen LogP contribution in [0.3, 0.4) is 0 Å². The summed E-state index contributed by atoms with van der Waals surface area (Å²) < 4.78 is 0. The zero-order valence-corrected chi connectivity index (χ0v) is 48.5. The first kappa shape index (κ1) is 71.5. The monoisotopic (exact) mass is 1200 g/mol. The lowest BCUT2D eigenvalue weighted by Gasteiger charge is -2.26. The van der Waals surface area contributed by atoms with Gasteiger partial charge in [-0.3, -0.25) is 43.4 Å². The number of carbonyl (C=O) groups excluding carboxylic acids is 6. The molecule has 2 unspecified atom stereocenters. The zero-order chi connectivity index (χ0) is 62.2. The second-order valence-corrected chi connectivity index (χ2v) is 21.1. The molecule has 0 radical (unpaired) electrons. The molecule has 0 saturated carbocycles. The van der Waals surface area contributed by atoms with Crippen LogP contribution in [0.2, 0.25) is 0 Å². The van der Waals surface area contributed by atoms with Crippen LogP contribution in [-0.2, 0) is 60.8 Å². The van der Waals surface area contributed by atoms with Crippen molar-refractivity contribution in [3.8, 4) is 0 Å². The first-order chi connectivity index (χ1) is 40.8. The number of hydrogen-bond donors (Lipinski definition) is 14. The summed E-state index contributed by atoms with van der Waals surface area (Å²) in [5, 5.41) is 71.7. The van der Waals surface area contributed by atoms with Gasteiger partial charge in [-0.05, 0) is 108 Å². The van der Waals surface area contributed by atoms with Crippen LogP contribution in [0.25, 0.3) is 0 Å². The number of nitrogens with zero attached hydrogens (tertiary/aromatic N) is 2. The molecular formula is C58H89N11O16. The molecule has 27 heteroatoms. The van der Waals surface area contributed by atoms with E-state index in [0.29, 0.717) is 104 Å². The van der Waals surface area contributed by atoms with E-state index in [1.54, 1.807) is 0 Å². The summed E-state index contributed by atoms with van der Waals surface area (Å²) in [5.41, 5.74) is 1.58. The van der Waals surface area contributed by atoms with Crippen molar-refractivity contribution in [3.63, 3.8) is 0 Å². The largest absolute Gasteiger partial charge is 0.481 e. The number of nitrogens with one attached hydrogen (secondary N) is 9. The highest BCUT2D eigenvalue weighted by atomic mass is 16.4. The third-order valence-electron chi connectivity index (χ3n) is 13.9. The number of unbranched alkanes of at least 4 members (excludes halogenated alkanes) is 5. The molecule has 1 aliphatic rings. The normalized spacial score (nSPS) is 15.4. The van der Waals surface area contributed by atoms with E-state index in [2.05, 4.69) is 47.9 Å². The minimum atomic E-state index is -1.53. The number of hydrogen-bond acceptors (Lipinski definition) is 15. The minimum absolute atomic E-state index is 0.0162. The van der Waals surface area contributed by atoms with E-state index in [1.165, 1.54) is 0 Å². The Morgan fingerprint density at radius 3 is 1.38 bits per heavy atom. The predicted molar refractivity (Wildman–Crippen MR) is 312 cm³/mol. The van der Waals surface area contributed by atoms with Crippen molar-refractivity contribution < 1.29 is 78.3 Å². The van der Waals surface area contributed by atoms with Crippen LogP contribution < -0.4 is 47.9 Å². The van der Waals surface area contributed by atoms with E-state index >= 15 is 0 Å². The van der Waals surface area contributed by atoms with Gasteiger partial charge in [0.15, 0.2) is 0 Å². The lowest BCUT2D eigenvalue weighted by molar-refractivity contribution is -0.142. The van der Waals surface area contributed by atoms with Gasteiger partial charge in [-0.1, -0.05) is 73.5 Å². The fourth-order valence-electron chi connectivity index (χ4n) is 9.33. The van der Waals surface area contributed by atoms with Crippen LogP contribution in [0, 0.1) is 0 Å². The topological polar surface area (TPSA) is 404 Å². The van der Waals surface area contributed by atoms with Gasteiger partial charge in [-0.25, -0.2) is 19.2 Å². The average Bonchev–Trinajstić information content (AvgIpc) is 3.67. The van der Waals surface area contributed by atoms with Crippen LogP contribution in [-0.4, -0.2) is 209 Å². The van der Waals surface area contributed by atoms with Crippen molar-refractivity contribution in [1.82, 2.24) is 57.7 Å². The number of amides is 7. The summed E-state index contributed by atoms with van der Waals surface area (Å²) in [7, 11) is 0. The number of urea groups is 1. The third-order valence-corrected chi connectivity index (χ3v) is 13.9. The summed E-state index contributed by atoms with van der Waals surface area (Å²) in [6.07, 6.45) is 4.85. The number of carboxylic acids is 5. The van der Waals surface area contributed by atoms with Gasteiger partial charge >= 0.3 is 35.9 Å². The lowest BCUT2D eigenvalue weighted by Crippen LogP contribution is -2.56. The number of benzene rings is 2. The van der Waals surface area contributed by atoms with Crippen molar-refractivity contribution in [3.05, 3.63) is 71.8 Å². The molecule has 1 heterocycles. The summed E-state index contributed by atoms with van der Waals surface area (Å²) in [6, 6.07) is 11.2. The molecule has 27 nitrogen and oxygen atoms in total. The number of carboxylic acid groups (broad SMARTS) is 5. The van der Waals surface area contributed by atoms with E-state index in [1.807, 2.05) is 70.5 Å². The van der Waals surface area contributed by atoms with Gasteiger partial charge in [0.1, 0.15) is 30.2 Å². The van der Waals surface area contributed by atoms with E-state index in [9.17, 15) is 73.2 Å². The molecule has 1 aliphatic heterocycles. The highest BCUT2D eigenvalue weighted by Gasteiger charge is 2.29. The first-order valence-corrected chi connectivity index (χ1v) is 29.4. The second-order valence-electron chi connectivity index (χ2n) is 21.1. The molecule has 0 aromatic heterocycles. The fourth-order valence-corrected chi connectivity index (χ4v) is 9.33. The van der Waals surface area contributed by atoms with Crippen LogP contribution in [0.4, 0.5) is 4.79 Å². The molecule has 14 N–H and O–H groups in total. The third kappa shape index (κ3) is 33.4. The molecule has 3 rings (SSSR count). The van der Waals surface area contributed by atoms with Gasteiger partial charge in [-0.2, -0.15) is 0 Å². The van der Waals surface area contributed by atoms with Crippen LogP contribution in [0.1, 0.15) is 114 Å². The molecule has 472 valence electrons. The van der Waals surface area contributed by atoms with Crippen molar-refractivity contribution in [2.24, 2.45) is 0 Å². The van der Waals surface area contributed by atoms with E-state index in [-0.39, 0.29) is 76.5 Å². The van der Waals surface area contributed by atoms with E-state index in [4.69, 9.17) is 5.11 Å². The number of rotatable bonds is 38. The van der Waals surface area contributed by atoms with E-state index < -0.39 is 96.7 Å². The Morgan fingerprint density at radius 2 is 0.871 bits per heavy atom. The fraction of sp³-hybridized carbons (Fsp3) is 0.603. The second kappa shape index (κ2) is 42.1. The van der Waals surface area contributed by atoms with Crippen LogP contribution in [0.15, 0.2) is 60.7 Å². The van der Waals surface area contributed by atoms with Crippen molar-refractivity contribution >= 4 is 65.4 Å². The average molecular weight is 1200 g/mol. The molecule has 85 heavy (non-hydrogen) atoms. The Labute approximate surface area is 495 Å². The van der Waals surface area contributed by atoms with Crippen LogP contribution in [0.5, 0.6) is 0 Å². The van der Waals surface area contributed by atoms with Gasteiger partial charge in [0.25, 0.3) is 0 Å². The molecule has 5 atom stereocenters. The smallest absolute Gasteiger partial charge is 0.326 e.